The average Bonchev–Trinajstić information content (AvgIpc) is 3.38. The number of rotatable bonds is 22. The van der Waals surface area contributed by atoms with Gasteiger partial charge in [-0.1, -0.05) is 73.4 Å². The van der Waals surface area contributed by atoms with Gasteiger partial charge in [0.05, 0.1) is 43.3 Å². The van der Waals surface area contributed by atoms with Crippen LogP contribution in [0, 0.1) is 6.92 Å². The summed E-state index contributed by atoms with van der Waals surface area (Å²) in [6.07, 6.45) is 8.94. The van der Waals surface area contributed by atoms with Gasteiger partial charge in [0, 0.05) is 63.2 Å². The fourth-order valence-corrected chi connectivity index (χ4v) is 10.2. The number of ether oxygens (including phenoxy) is 5. The number of carbonyl (C=O) groups is 4. The highest BCUT2D eigenvalue weighted by molar-refractivity contribution is 5.79. The Bertz CT molecular complexity index is 2660. The van der Waals surface area contributed by atoms with Crippen LogP contribution in [0.4, 0.5) is 4.79 Å². The van der Waals surface area contributed by atoms with Gasteiger partial charge in [0.15, 0.2) is 6.61 Å². The Morgan fingerprint density at radius 2 is 1.58 bits per heavy atom. The van der Waals surface area contributed by atoms with Gasteiger partial charge in [-0.05, 0) is 101 Å². The lowest BCUT2D eigenvalue weighted by molar-refractivity contribution is -0.154. The van der Waals surface area contributed by atoms with E-state index >= 15 is 0 Å². The van der Waals surface area contributed by atoms with E-state index in [2.05, 4.69) is 32.0 Å². The number of hydrogen-bond donors (Lipinski definition) is 2. The number of piperazine rings is 1. The van der Waals surface area contributed by atoms with E-state index in [1.165, 1.54) is 44.1 Å². The maximum Gasteiger partial charge on any atom is 0.513 e. The van der Waals surface area contributed by atoms with E-state index in [9.17, 15) is 14.4 Å². The van der Waals surface area contributed by atoms with Gasteiger partial charge in [-0.2, -0.15) is 0 Å². The van der Waals surface area contributed by atoms with Crippen molar-refractivity contribution in [3.05, 3.63) is 124 Å². The molecule has 1 aromatic heterocycles. The smallest absolute Gasteiger partial charge is 0.496 e. The van der Waals surface area contributed by atoms with Crippen molar-refractivity contribution in [2.75, 3.05) is 59.6 Å². The third-order valence-electron chi connectivity index (χ3n) is 13.8. The minimum absolute atomic E-state index is 0.00173. The Kier molecular flexibility index (Phi) is 20.2. The van der Waals surface area contributed by atoms with Crippen molar-refractivity contribution in [2.45, 2.75) is 109 Å². The predicted molar refractivity (Wildman–Crippen MR) is 276 cm³/mol. The van der Waals surface area contributed by atoms with Crippen LogP contribution in [0.25, 0.3) is 16.6 Å². The third kappa shape index (κ3) is 15.4. The van der Waals surface area contributed by atoms with Crippen LogP contribution in [0.5, 0.6) is 17.2 Å². The predicted octanol–water partition coefficient (Wildman–Crippen LogP) is 7.48. The van der Waals surface area contributed by atoms with E-state index in [4.69, 9.17) is 38.6 Å². The summed E-state index contributed by atoms with van der Waals surface area (Å²) in [4.78, 5) is 70.0. The lowest BCUT2D eigenvalue weighted by Gasteiger charge is -2.48. The van der Waals surface area contributed by atoms with Gasteiger partial charge < -0.3 is 39.0 Å². The number of aromatic nitrogens is 2. The van der Waals surface area contributed by atoms with Crippen molar-refractivity contribution in [3.63, 3.8) is 0 Å². The number of methoxy groups -OCH3 is 1. The number of esters is 1. The maximum absolute atomic E-state index is 13.9. The number of carboxylic acid groups (broad SMARTS) is 1. The molecular formula is C56H70N6O11. The standard InChI is InChI=1S/C54H68N6O7.C2H2O4/c1-4-65-50-19-10-9-18-48(50)60-51(56-47-17-8-7-16-46(47)54(60)63)37-57-28-30-58(31-29-57)52(61)38-66-44-23-21-40(22-24-44)36-55-26-11-5-6-12-27-59-42-14-13-15-43(59)35-45(34-42)67-53(62)33-41-32-39(2)20-25-49(41)64-3;3-1-6-2(4)5/h7-10,16-25,32,42-43,45,55H,4-6,11-15,26-31,33-38H2,1-3H3;1H,(H,4,5). The Morgan fingerprint density at radius 1 is 0.849 bits per heavy atom. The Balaban J connectivity index is 0.00000123. The summed E-state index contributed by atoms with van der Waals surface area (Å²) in [5.74, 6) is 2.48. The van der Waals surface area contributed by atoms with Crippen LogP contribution in [0.1, 0.15) is 87.2 Å². The zero-order valence-electron chi connectivity index (χ0n) is 42.4. The van der Waals surface area contributed by atoms with E-state index in [0.29, 0.717) is 85.3 Å². The lowest BCUT2D eigenvalue weighted by Crippen LogP contribution is -2.54. The highest BCUT2D eigenvalue weighted by Crippen LogP contribution is 2.36. The number of benzene rings is 4. The van der Waals surface area contributed by atoms with Gasteiger partial charge in [-0.3, -0.25) is 33.5 Å². The number of piperidine rings is 2. The Morgan fingerprint density at radius 3 is 2.29 bits per heavy atom. The first-order valence-electron chi connectivity index (χ1n) is 25.6. The molecule has 3 fully saturated rings. The summed E-state index contributed by atoms with van der Waals surface area (Å²) in [5.41, 5.74) is 4.37. The van der Waals surface area contributed by atoms with E-state index in [1.807, 2.05) is 97.6 Å². The van der Waals surface area contributed by atoms with Crippen molar-refractivity contribution < 1.29 is 48.0 Å². The maximum atomic E-state index is 13.9. The zero-order chi connectivity index (χ0) is 51.5. The van der Waals surface area contributed by atoms with Crippen LogP contribution in [0.15, 0.2) is 95.8 Å². The highest BCUT2D eigenvalue weighted by Gasteiger charge is 2.39. The largest absolute Gasteiger partial charge is 0.513 e. The second-order valence-electron chi connectivity index (χ2n) is 18.8. The highest BCUT2D eigenvalue weighted by atomic mass is 16.7. The fraction of sp³-hybridized carbons (Fsp3) is 0.464. The summed E-state index contributed by atoms with van der Waals surface area (Å²) in [5, 5.41) is 11.6. The molecule has 73 heavy (non-hydrogen) atoms. The van der Waals surface area contributed by atoms with Crippen LogP contribution < -0.4 is 25.1 Å². The Hall–Kier alpha value is -6.82. The quantitative estimate of drug-likeness (QED) is 0.0300. The molecular weight excluding hydrogens is 933 g/mol. The summed E-state index contributed by atoms with van der Waals surface area (Å²) in [6, 6.07) is 29.9. The number of carbonyl (C=O) groups excluding carboxylic acids is 3. The van der Waals surface area contributed by atoms with Crippen LogP contribution in [-0.2, 0) is 43.4 Å². The summed E-state index contributed by atoms with van der Waals surface area (Å²) >= 11 is 0. The monoisotopic (exact) mass is 1000 g/mol. The summed E-state index contributed by atoms with van der Waals surface area (Å²) < 4.78 is 28.3. The van der Waals surface area contributed by atoms with Crippen molar-refractivity contribution in [2.24, 2.45) is 0 Å². The summed E-state index contributed by atoms with van der Waals surface area (Å²) in [6.45, 7) is 10.0. The molecule has 2 bridgehead atoms. The fourth-order valence-electron chi connectivity index (χ4n) is 10.2. The van der Waals surface area contributed by atoms with Crippen molar-refractivity contribution >= 4 is 35.4 Å². The molecule has 0 radical (unpaired) electrons. The molecule has 3 aliphatic heterocycles. The van der Waals surface area contributed by atoms with Gasteiger partial charge in [-0.15, -0.1) is 0 Å². The number of nitrogens with one attached hydrogen (secondary N) is 1. The number of fused-ring (bicyclic) bond motifs is 3. The van der Waals surface area contributed by atoms with Gasteiger partial charge >= 0.3 is 18.6 Å². The van der Waals surface area contributed by atoms with E-state index in [1.54, 1.807) is 11.7 Å². The normalized spacial score (nSPS) is 17.7. The molecule has 390 valence electrons. The molecule has 8 rings (SSSR count). The van der Waals surface area contributed by atoms with Crippen LogP contribution in [0.3, 0.4) is 0 Å². The molecule has 2 unspecified atom stereocenters. The number of nitrogens with zero attached hydrogens (tertiary/aromatic N) is 5. The average molecular weight is 1000 g/mol. The van der Waals surface area contributed by atoms with Crippen LogP contribution in [-0.4, -0.2) is 132 Å². The topological polar surface area (TPSA) is 191 Å². The Labute approximate surface area is 427 Å². The van der Waals surface area contributed by atoms with E-state index in [0.717, 1.165) is 55.8 Å². The minimum atomic E-state index is -1.58. The first-order valence-corrected chi connectivity index (χ1v) is 25.6. The number of amides is 1. The number of aryl methyl sites for hydroxylation is 1. The molecule has 17 heteroatoms. The molecule has 4 heterocycles. The molecule has 0 aliphatic carbocycles. The van der Waals surface area contributed by atoms with Gasteiger partial charge in [0.2, 0.25) is 0 Å². The molecule has 3 aliphatic rings. The molecule has 5 aromatic rings. The second-order valence-corrected chi connectivity index (χ2v) is 18.8. The van der Waals surface area contributed by atoms with Crippen molar-refractivity contribution in [3.8, 4) is 22.9 Å². The SMILES string of the molecule is CCOc1ccccc1-n1c(CN2CCN(C(=O)COc3ccc(CNCCCCCCN4C5CCCC4CC(OC(=O)Cc4cc(C)ccc4OC)C5)cc3)CC2)nc2ccccc2c1=O.O=COC(=O)O. The third-order valence-corrected chi connectivity index (χ3v) is 13.8. The number of hydrogen-bond acceptors (Lipinski definition) is 14. The minimum Gasteiger partial charge on any atom is -0.496 e. The first kappa shape index (κ1) is 54.0. The van der Waals surface area contributed by atoms with Crippen LogP contribution in [0.2, 0.25) is 0 Å². The number of para-hydroxylation sites is 3. The van der Waals surface area contributed by atoms with E-state index < -0.39 is 6.16 Å². The lowest BCUT2D eigenvalue weighted by atomic mass is 9.82. The van der Waals surface area contributed by atoms with Gasteiger partial charge in [0.1, 0.15) is 29.2 Å². The van der Waals surface area contributed by atoms with Crippen molar-refractivity contribution in [1.82, 2.24) is 29.6 Å². The zero-order valence-corrected chi connectivity index (χ0v) is 42.4. The second kappa shape index (κ2) is 27.3. The molecule has 0 saturated carbocycles. The molecule has 17 nitrogen and oxygen atoms in total. The molecule has 2 N–H and O–H groups in total. The molecule has 1 amide bonds. The summed E-state index contributed by atoms with van der Waals surface area (Å²) in [7, 11) is 1.64. The molecule has 3 saturated heterocycles. The van der Waals surface area contributed by atoms with E-state index in [-0.39, 0.29) is 43.0 Å². The molecule has 0 spiro atoms. The number of unbranched alkanes of at least 4 members (excludes halogenated alkanes) is 3. The molecule has 2 atom stereocenters. The van der Waals surface area contributed by atoms with Gasteiger partial charge in [-0.25, -0.2) is 9.78 Å². The van der Waals surface area contributed by atoms with Gasteiger partial charge in [0.25, 0.3) is 11.5 Å². The van der Waals surface area contributed by atoms with Crippen LogP contribution >= 0.6 is 0 Å². The molecule has 4 aromatic carbocycles. The van der Waals surface area contributed by atoms with Crippen molar-refractivity contribution in [1.29, 1.82) is 0 Å². The first-order chi connectivity index (χ1) is 35.5.